The molecule has 0 saturated heterocycles. The fourth-order valence-corrected chi connectivity index (χ4v) is 6.23. The van der Waals surface area contributed by atoms with E-state index in [1.165, 1.54) is 6.07 Å². The summed E-state index contributed by atoms with van der Waals surface area (Å²) in [4.78, 5) is 11.8. The molecule has 11 heteroatoms. The molecule has 0 aliphatic carbocycles. The van der Waals surface area contributed by atoms with Crippen molar-refractivity contribution in [2.45, 2.75) is 36.2 Å². The number of amides is 1. The molecule has 0 aromatic heterocycles. The summed E-state index contributed by atoms with van der Waals surface area (Å²) < 4.78 is 29.9. The minimum absolute atomic E-state index is 0.0873. The van der Waals surface area contributed by atoms with Gasteiger partial charge in [-0.2, -0.15) is 9.82 Å². The quantitative estimate of drug-likeness (QED) is 0.361. The molecule has 0 radical (unpaired) electrons. The van der Waals surface area contributed by atoms with Crippen LogP contribution < -0.4 is 15.5 Å². The van der Waals surface area contributed by atoms with Crippen LogP contribution in [-0.4, -0.2) is 20.0 Å². The Morgan fingerprint density at radius 2 is 1.69 bits per heavy atom. The number of hydrogen-bond acceptors (Lipinski definition) is 5. The Labute approximate surface area is 223 Å². The van der Waals surface area contributed by atoms with Crippen LogP contribution in [0, 0.1) is 0 Å². The summed E-state index contributed by atoms with van der Waals surface area (Å²) in [5.74, 6) is -0.0873. The number of aryl methyl sites for hydroxylation is 1. The van der Waals surface area contributed by atoms with Gasteiger partial charge in [0.1, 0.15) is 0 Å². The minimum atomic E-state index is -3.99. The molecule has 2 aliphatic heterocycles. The first-order chi connectivity index (χ1) is 17.2. The van der Waals surface area contributed by atoms with Gasteiger partial charge in [-0.15, -0.1) is 0 Å². The maximum atomic E-state index is 13.5. The van der Waals surface area contributed by atoms with Gasteiger partial charge < -0.3 is 10.7 Å². The van der Waals surface area contributed by atoms with Crippen molar-refractivity contribution >= 4 is 62.1 Å². The second-order valence-electron chi connectivity index (χ2n) is 8.63. The van der Waals surface area contributed by atoms with Crippen LogP contribution in [0.15, 0.2) is 70.7 Å². The molecule has 2 atom stereocenters. The first kappa shape index (κ1) is 25.0. The molecule has 0 spiro atoms. The van der Waals surface area contributed by atoms with Gasteiger partial charge in [0, 0.05) is 33.6 Å². The predicted octanol–water partition coefficient (Wildman–Crippen LogP) is 5.64. The van der Waals surface area contributed by atoms with Crippen LogP contribution in [0.25, 0.3) is 0 Å². The summed E-state index contributed by atoms with van der Waals surface area (Å²) >= 11 is 18.6. The van der Waals surface area contributed by atoms with E-state index in [4.69, 9.17) is 34.8 Å². The molecule has 2 unspecified atom stereocenters. The van der Waals surface area contributed by atoms with Gasteiger partial charge >= 0.3 is 0 Å². The van der Waals surface area contributed by atoms with E-state index in [0.29, 0.717) is 51.3 Å². The van der Waals surface area contributed by atoms with Crippen molar-refractivity contribution in [2.75, 3.05) is 5.32 Å². The van der Waals surface area contributed by atoms with Crippen LogP contribution in [0.3, 0.4) is 0 Å². The van der Waals surface area contributed by atoms with E-state index in [9.17, 15) is 13.2 Å². The van der Waals surface area contributed by atoms with Gasteiger partial charge in [0.15, 0.2) is 0 Å². The molecule has 3 aromatic carbocycles. The fraction of sp³-hybridized carbons (Fsp3) is 0.200. The van der Waals surface area contributed by atoms with Gasteiger partial charge in [0.25, 0.3) is 0 Å². The fourth-order valence-electron chi connectivity index (χ4n) is 4.33. The highest BCUT2D eigenvalue weighted by Gasteiger charge is 2.32. The number of hydrogen-bond donors (Lipinski definition) is 3. The third-order valence-corrected chi connectivity index (χ3v) is 8.45. The summed E-state index contributed by atoms with van der Waals surface area (Å²) in [6, 6.07) is 16.0. The van der Waals surface area contributed by atoms with E-state index < -0.39 is 16.1 Å². The Morgan fingerprint density at radius 1 is 0.944 bits per heavy atom. The highest BCUT2D eigenvalue weighted by atomic mass is 35.5. The van der Waals surface area contributed by atoms with Crippen molar-refractivity contribution in [2.24, 2.45) is 5.10 Å². The van der Waals surface area contributed by atoms with Gasteiger partial charge in [-0.3, -0.25) is 4.79 Å². The van der Waals surface area contributed by atoms with Crippen LogP contribution >= 0.6 is 34.8 Å². The molecule has 0 fully saturated rings. The van der Waals surface area contributed by atoms with E-state index in [0.717, 1.165) is 11.1 Å². The Kier molecular flexibility index (Phi) is 6.98. The zero-order chi connectivity index (χ0) is 25.4. The molecule has 2 heterocycles. The van der Waals surface area contributed by atoms with E-state index >= 15 is 0 Å². The summed E-state index contributed by atoms with van der Waals surface area (Å²) in [6.07, 6.45) is 1.22. The van der Waals surface area contributed by atoms with E-state index in [2.05, 4.69) is 20.6 Å². The number of anilines is 1. The average molecular weight is 564 g/mol. The van der Waals surface area contributed by atoms with E-state index in [1.807, 2.05) is 12.1 Å². The van der Waals surface area contributed by atoms with Crippen molar-refractivity contribution < 1.29 is 13.2 Å². The molecule has 0 saturated carbocycles. The highest BCUT2D eigenvalue weighted by molar-refractivity contribution is 7.89. The lowest BCUT2D eigenvalue weighted by Crippen LogP contribution is -2.34. The van der Waals surface area contributed by atoms with Crippen LogP contribution in [0.2, 0.25) is 15.1 Å². The van der Waals surface area contributed by atoms with Gasteiger partial charge in [0.05, 0.1) is 22.7 Å². The molecular weight excluding hydrogens is 543 g/mol. The number of rotatable bonds is 6. The van der Waals surface area contributed by atoms with Crippen molar-refractivity contribution in [3.63, 3.8) is 0 Å². The van der Waals surface area contributed by atoms with E-state index in [-0.39, 0.29) is 16.8 Å². The van der Waals surface area contributed by atoms with Crippen LogP contribution in [0.1, 0.15) is 41.6 Å². The molecular formula is C25H21Cl3N4O3S. The van der Waals surface area contributed by atoms with Gasteiger partial charge in [-0.1, -0.05) is 53.0 Å². The standard InChI is InChI=1S/C25H21Cl3N4O3S/c26-16-4-1-14(2-5-16)22-13-23(31-30-22)25(19-8-6-17(27)12-20(19)28)32-36(34,35)18-7-9-21-15(11-18)3-10-24(33)29-21/h1-2,4-9,11-12,22,25,30,32H,3,10,13H2,(H,29,33). The molecule has 3 aromatic rings. The molecule has 1 amide bonds. The maximum Gasteiger partial charge on any atom is 0.241 e. The van der Waals surface area contributed by atoms with Crippen molar-refractivity contribution in [1.29, 1.82) is 0 Å². The van der Waals surface area contributed by atoms with Crippen molar-refractivity contribution in [3.05, 3.63) is 92.4 Å². The molecule has 2 aliphatic rings. The Morgan fingerprint density at radius 3 is 2.44 bits per heavy atom. The van der Waals surface area contributed by atoms with Crippen LogP contribution in [0.5, 0.6) is 0 Å². The van der Waals surface area contributed by atoms with Crippen LogP contribution in [0.4, 0.5) is 5.69 Å². The third-order valence-electron chi connectivity index (χ3n) is 6.21. The van der Waals surface area contributed by atoms with Gasteiger partial charge in [0.2, 0.25) is 15.9 Å². The molecule has 36 heavy (non-hydrogen) atoms. The van der Waals surface area contributed by atoms with E-state index in [1.54, 1.807) is 42.5 Å². The monoisotopic (exact) mass is 562 g/mol. The number of nitrogens with one attached hydrogen (secondary N) is 3. The molecule has 186 valence electrons. The minimum Gasteiger partial charge on any atom is -0.326 e. The average Bonchev–Trinajstić information content (AvgIpc) is 3.33. The molecule has 5 rings (SSSR count). The van der Waals surface area contributed by atoms with Gasteiger partial charge in [-0.05, 0) is 65.6 Å². The largest absolute Gasteiger partial charge is 0.326 e. The summed E-state index contributed by atoms with van der Waals surface area (Å²) in [5.41, 5.74) is 6.56. The summed E-state index contributed by atoms with van der Waals surface area (Å²) in [7, 11) is -3.99. The number of nitrogens with zero attached hydrogens (tertiary/aromatic N) is 1. The molecule has 7 nitrogen and oxygen atoms in total. The lowest BCUT2D eigenvalue weighted by molar-refractivity contribution is -0.116. The number of benzene rings is 3. The third kappa shape index (κ3) is 5.23. The topological polar surface area (TPSA) is 99.7 Å². The van der Waals surface area contributed by atoms with Crippen molar-refractivity contribution in [1.82, 2.24) is 10.1 Å². The second-order valence-corrected chi connectivity index (χ2v) is 11.6. The molecule has 3 N–H and O–H groups in total. The number of hydrazone groups is 1. The predicted molar refractivity (Wildman–Crippen MR) is 142 cm³/mol. The number of halogens is 3. The lowest BCUT2D eigenvalue weighted by atomic mass is 9.96. The molecule has 0 bridgehead atoms. The summed E-state index contributed by atoms with van der Waals surface area (Å²) in [6.45, 7) is 0. The van der Waals surface area contributed by atoms with Crippen molar-refractivity contribution in [3.8, 4) is 0 Å². The smallest absolute Gasteiger partial charge is 0.241 e. The Bertz CT molecular complexity index is 1480. The zero-order valence-corrected chi connectivity index (χ0v) is 21.8. The first-order valence-corrected chi connectivity index (χ1v) is 13.8. The SMILES string of the molecule is O=C1CCc2cc(S(=O)(=O)NC(C3=NNC(c4ccc(Cl)cc4)C3)c3ccc(Cl)cc3Cl)ccc2N1. The number of carbonyl (C=O) groups is 1. The highest BCUT2D eigenvalue weighted by Crippen LogP contribution is 2.34. The second kappa shape index (κ2) is 10.0. The summed E-state index contributed by atoms with van der Waals surface area (Å²) in [5, 5.41) is 8.63. The zero-order valence-electron chi connectivity index (χ0n) is 18.8. The lowest BCUT2D eigenvalue weighted by Gasteiger charge is -2.22. The Hall–Kier alpha value is -2.62. The first-order valence-electron chi connectivity index (χ1n) is 11.2. The number of carbonyl (C=O) groups excluding carboxylic acids is 1. The van der Waals surface area contributed by atoms with Gasteiger partial charge in [-0.25, -0.2) is 8.42 Å². The number of fused-ring (bicyclic) bond motifs is 1. The normalized spacial score (nSPS) is 18.1. The van der Waals surface area contributed by atoms with Crippen LogP contribution in [-0.2, 0) is 21.2 Å². The Balaban J connectivity index is 1.46. The number of sulfonamides is 1. The maximum absolute atomic E-state index is 13.5.